The van der Waals surface area contributed by atoms with Gasteiger partial charge < -0.3 is 30.6 Å². The molecule has 0 saturated heterocycles. The first-order valence-corrected chi connectivity index (χ1v) is 12.1. The van der Waals surface area contributed by atoms with Crippen LogP contribution in [0.15, 0.2) is 36.4 Å². The number of benzene rings is 2. The van der Waals surface area contributed by atoms with Crippen LogP contribution in [0.5, 0.6) is 0 Å². The van der Waals surface area contributed by atoms with E-state index in [1.54, 1.807) is 0 Å². The summed E-state index contributed by atoms with van der Waals surface area (Å²) in [6.07, 6.45) is -6.31. The van der Waals surface area contributed by atoms with Crippen LogP contribution < -0.4 is 0 Å². The van der Waals surface area contributed by atoms with Crippen LogP contribution in [-0.4, -0.2) is 67.8 Å². The molecule has 0 aliphatic carbocycles. The van der Waals surface area contributed by atoms with Crippen molar-refractivity contribution >= 4 is 0 Å². The third-order valence-electron chi connectivity index (χ3n) is 6.46. The van der Waals surface area contributed by atoms with Crippen LogP contribution in [-0.2, 0) is 12.8 Å². The first-order valence-electron chi connectivity index (χ1n) is 12.1. The molecule has 0 radical (unpaired) electrons. The van der Waals surface area contributed by atoms with Crippen molar-refractivity contribution in [2.75, 3.05) is 6.61 Å². The van der Waals surface area contributed by atoms with E-state index in [4.69, 9.17) is 5.11 Å². The Kier molecular flexibility index (Phi) is 10.7. The quantitative estimate of drug-likeness (QED) is 0.280. The zero-order chi connectivity index (χ0) is 25.6. The molecule has 0 aliphatic rings. The summed E-state index contributed by atoms with van der Waals surface area (Å²) in [5.41, 5.74) is 6.85. The molecule has 0 saturated carbocycles. The second-order valence-corrected chi connectivity index (χ2v) is 10.2. The Morgan fingerprint density at radius 2 is 1.00 bits per heavy atom. The highest BCUT2D eigenvalue weighted by Crippen LogP contribution is 2.28. The summed E-state index contributed by atoms with van der Waals surface area (Å²) in [5.74, 6) is -0.214. The summed E-state index contributed by atoms with van der Waals surface area (Å²) in [7, 11) is 0. The molecule has 0 amide bonds. The highest BCUT2D eigenvalue weighted by atomic mass is 16.4. The van der Waals surface area contributed by atoms with E-state index in [1.165, 1.54) is 16.7 Å². The molecule has 2 aromatic rings. The third kappa shape index (κ3) is 8.15. The van der Waals surface area contributed by atoms with Gasteiger partial charge in [0.2, 0.25) is 0 Å². The van der Waals surface area contributed by atoms with Gasteiger partial charge in [-0.05, 0) is 69.9 Å². The Balaban J connectivity index is 2.25. The fourth-order valence-corrected chi connectivity index (χ4v) is 5.04. The molecule has 34 heavy (non-hydrogen) atoms. The van der Waals surface area contributed by atoms with Crippen LogP contribution in [0.1, 0.15) is 46.7 Å². The molecule has 6 heteroatoms. The van der Waals surface area contributed by atoms with Crippen LogP contribution in [0.25, 0.3) is 0 Å². The van der Waals surface area contributed by atoms with Crippen molar-refractivity contribution in [2.45, 2.75) is 84.4 Å². The van der Waals surface area contributed by atoms with Gasteiger partial charge in [0.25, 0.3) is 0 Å². The molecule has 6 N–H and O–H groups in total. The van der Waals surface area contributed by atoms with Crippen LogP contribution in [0.2, 0.25) is 0 Å². The van der Waals surface area contributed by atoms with Crippen LogP contribution >= 0.6 is 0 Å². The van der Waals surface area contributed by atoms with Crippen molar-refractivity contribution in [3.05, 3.63) is 69.8 Å². The van der Waals surface area contributed by atoms with Gasteiger partial charge in [-0.15, -0.1) is 0 Å². The summed E-state index contributed by atoms with van der Waals surface area (Å²) in [6, 6.07) is 12.6. The van der Waals surface area contributed by atoms with Gasteiger partial charge in [0.15, 0.2) is 0 Å². The highest BCUT2D eigenvalue weighted by Gasteiger charge is 2.37. The Morgan fingerprint density at radius 1 is 0.588 bits per heavy atom. The maximum absolute atomic E-state index is 11.1. The lowest BCUT2D eigenvalue weighted by atomic mass is 9.80. The molecule has 7 atom stereocenters. The molecule has 2 rings (SSSR count). The van der Waals surface area contributed by atoms with Crippen molar-refractivity contribution < 1.29 is 30.6 Å². The molecule has 0 bridgehead atoms. The standard InChI is InChI=1S/C28H42O6/c1-16-6-17(2)9-21(8-16)12-20(5)13-23(14-22-10-18(3)7-19(4)11-22)25(31)27(33)28(34)26(32)24(30)15-29/h6-11,20,23-34H,12-15H2,1-5H3/t20?,23?,24-,25?,26+,27+,28-/m0/s1. The predicted molar refractivity (Wildman–Crippen MR) is 134 cm³/mol. The number of rotatable bonds is 12. The Morgan fingerprint density at radius 3 is 1.44 bits per heavy atom. The largest absolute Gasteiger partial charge is 0.394 e. The van der Waals surface area contributed by atoms with Crippen molar-refractivity contribution in [1.29, 1.82) is 0 Å². The number of aryl methyl sites for hydroxylation is 4. The molecule has 190 valence electrons. The molecule has 0 aliphatic heterocycles. The zero-order valence-corrected chi connectivity index (χ0v) is 21.0. The van der Waals surface area contributed by atoms with E-state index in [2.05, 4.69) is 57.2 Å². The maximum atomic E-state index is 11.1. The fourth-order valence-electron chi connectivity index (χ4n) is 5.04. The smallest absolute Gasteiger partial charge is 0.111 e. The summed E-state index contributed by atoms with van der Waals surface area (Å²) in [5, 5.41) is 60.9. The molecular formula is C28H42O6. The molecule has 0 fully saturated rings. The lowest BCUT2D eigenvalue weighted by molar-refractivity contribution is -0.149. The van der Waals surface area contributed by atoms with E-state index in [0.29, 0.717) is 12.8 Å². The van der Waals surface area contributed by atoms with E-state index in [1.807, 2.05) is 13.8 Å². The molecule has 0 heterocycles. The topological polar surface area (TPSA) is 121 Å². The summed E-state index contributed by atoms with van der Waals surface area (Å²) < 4.78 is 0. The van der Waals surface area contributed by atoms with E-state index < -0.39 is 43.0 Å². The summed E-state index contributed by atoms with van der Waals surface area (Å²) in [6.45, 7) is 9.49. The lowest BCUT2D eigenvalue weighted by Gasteiger charge is -2.34. The lowest BCUT2D eigenvalue weighted by Crippen LogP contribution is -2.52. The van der Waals surface area contributed by atoms with Crippen LogP contribution in [0.3, 0.4) is 0 Å². The number of aliphatic hydroxyl groups excluding tert-OH is 6. The van der Waals surface area contributed by atoms with E-state index in [9.17, 15) is 25.5 Å². The minimum absolute atomic E-state index is 0.184. The Labute approximate surface area is 203 Å². The molecule has 2 aromatic carbocycles. The van der Waals surface area contributed by atoms with Gasteiger partial charge in [0.1, 0.15) is 24.4 Å². The average molecular weight is 475 g/mol. The SMILES string of the molecule is Cc1cc(C)cc(CC(C)CC(Cc2cc(C)cc(C)c2)C(O)[C@@H](O)[C@@H](O)[C@H](O)[C@@H](O)CO)c1. The van der Waals surface area contributed by atoms with Gasteiger partial charge in [-0.1, -0.05) is 65.6 Å². The summed E-state index contributed by atoms with van der Waals surface area (Å²) in [4.78, 5) is 0. The van der Waals surface area contributed by atoms with Gasteiger partial charge in [-0.3, -0.25) is 0 Å². The number of hydrogen-bond acceptors (Lipinski definition) is 6. The molecule has 0 spiro atoms. The summed E-state index contributed by atoms with van der Waals surface area (Å²) >= 11 is 0. The normalized spacial score (nSPS) is 18.1. The fraction of sp³-hybridized carbons (Fsp3) is 0.571. The minimum Gasteiger partial charge on any atom is -0.394 e. The van der Waals surface area contributed by atoms with E-state index in [-0.39, 0.29) is 5.92 Å². The molecule has 6 nitrogen and oxygen atoms in total. The second-order valence-electron chi connectivity index (χ2n) is 10.2. The van der Waals surface area contributed by atoms with Crippen LogP contribution in [0.4, 0.5) is 0 Å². The second kappa shape index (κ2) is 12.8. The predicted octanol–water partition coefficient (Wildman–Crippen LogP) is 2.14. The molecular weight excluding hydrogens is 432 g/mol. The average Bonchev–Trinajstić information content (AvgIpc) is 2.74. The highest BCUT2D eigenvalue weighted by molar-refractivity contribution is 5.30. The first-order chi connectivity index (χ1) is 15.9. The molecule has 0 aromatic heterocycles. The van der Waals surface area contributed by atoms with E-state index >= 15 is 0 Å². The third-order valence-corrected chi connectivity index (χ3v) is 6.46. The maximum Gasteiger partial charge on any atom is 0.111 e. The van der Waals surface area contributed by atoms with Crippen molar-refractivity contribution in [3.63, 3.8) is 0 Å². The van der Waals surface area contributed by atoms with Gasteiger partial charge in [0.05, 0.1) is 12.7 Å². The Hall–Kier alpha value is -1.80. The monoisotopic (exact) mass is 474 g/mol. The van der Waals surface area contributed by atoms with Gasteiger partial charge in [0, 0.05) is 0 Å². The zero-order valence-electron chi connectivity index (χ0n) is 21.0. The minimum atomic E-state index is -1.80. The van der Waals surface area contributed by atoms with Gasteiger partial charge >= 0.3 is 0 Å². The Bertz CT molecular complexity index is 873. The van der Waals surface area contributed by atoms with Crippen molar-refractivity contribution in [2.24, 2.45) is 11.8 Å². The van der Waals surface area contributed by atoms with E-state index in [0.717, 1.165) is 23.1 Å². The van der Waals surface area contributed by atoms with Crippen LogP contribution in [0, 0.1) is 39.5 Å². The molecule has 3 unspecified atom stereocenters. The van der Waals surface area contributed by atoms with Crippen molar-refractivity contribution in [3.8, 4) is 0 Å². The number of aliphatic hydroxyl groups is 6. The van der Waals surface area contributed by atoms with Crippen molar-refractivity contribution in [1.82, 2.24) is 0 Å². The first kappa shape index (κ1) is 28.4. The number of hydrogen-bond donors (Lipinski definition) is 6. The van der Waals surface area contributed by atoms with Gasteiger partial charge in [-0.2, -0.15) is 0 Å². The van der Waals surface area contributed by atoms with Gasteiger partial charge in [-0.25, -0.2) is 0 Å².